The molecule has 1 aliphatic heterocycles. The Labute approximate surface area is 195 Å². The highest BCUT2D eigenvalue weighted by Gasteiger charge is 2.22. The number of aromatic nitrogens is 2. The number of furan rings is 1. The molecule has 0 saturated carbocycles. The van der Waals surface area contributed by atoms with Gasteiger partial charge in [-0.05, 0) is 72.5 Å². The molecule has 5 rings (SSSR count). The van der Waals surface area contributed by atoms with Gasteiger partial charge in [0.15, 0.2) is 11.5 Å². The van der Waals surface area contributed by atoms with Crippen molar-refractivity contribution in [3.8, 4) is 28.6 Å². The van der Waals surface area contributed by atoms with E-state index in [4.69, 9.17) is 23.6 Å². The third-order valence-corrected chi connectivity index (χ3v) is 5.92. The minimum Gasteiger partial charge on any atom is -0.493 e. The molecule has 0 saturated heterocycles. The number of halogens is 1. The van der Waals surface area contributed by atoms with Crippen LogP contribution < -0.4 is 19.8 Å². The Morgan fingerprint density at radius 1 is 1.03 bits per heavy atom. The molecule has 7 nitrogen and oxygen atoms in total. The largest absolute Gasteiger partial charge is 0.493 e. The first-order valence-electron chi connectivity index (χ1n) is 10.8. The number of rotatable bonds is 5. The number of ether oxygens (including phenoxy) is 3. The number of hydrogen-bond donors (Lipinski definition) is 0. The van der Waals surface area contributed by atoms with Gasteiger partial charge in [-0.3, -0.25) is 9.36 Å². The molecule has 34 heavy (non-hydrogen) atoms. The average molecular weight is 462 g/mol. The second-order valence-corrected chi connectivity index (χ2v) is 7.96. The number of nitrogens with zero attached hydrogens (tertiary/aromatic N) is 2. The third-order valence-electron chi connectivity index (χ3n) is 5.92. The summed E-state index contributed by atoms with van der Waals surface area (Å²) in [6, 6.07) is 11.3. The van der Waals surface area contributed by atoms with Gasteiger partial charge >= 0.3 is 0 Å². The van der Waals surface area contributed by atoms with Gasteiger partial charge < -0.3 is 18.6 Å². The Bertz CT molecular complexity index is 1440. The molecule has 174 valence electrons. The minimum atomic E-state index is -0.338. The number of hydrogen-bond acceptors (Lipinski definition) is 6. The normalized spacial score (nSPS) is 14.3. The molecule has 0 aliphatic carbocycles. The van der Waals surface area contributed by atoms with Gasteiger partial charge in [0.25, 0.3) is 5.56 Å². The smallest absolute Gasteiger partial charge is 0.265 e. The van der Waals surface area contributed by atoms with E-state index in [1.807, 2.05) is 18.2 Å². The molecule has 4 aromatic rings. The zero-order valence-electron chi connectivity index (χ0n) is 19.1. The fourth-order valence-electron chi connectivity index (χ4n) is 4.29. The molecule has 0 bridgehead atoms. The second-order valence-electron chi connectivity index (χ2n) is 7.96. The van der Waals surface area contributed by atoms with Crippen LogP contribution in [0.5, 0.6) is 17.2 Å². The van der Waals surface area contributed by atoms with E-state index in [2.05, 4.69) is 0 Å². The topological polar surface area (TPSA) is 75.7 Å². The van der Waals surface area contributed by atoms with Crippen LogP contribution in [0.4, 0.5) is 4.39 Å². The Hall–Kier alpha value is -4.07. The van der Waals surface area contributed by atoms with Gasteiger partial charge in [0, 0.05) is 12.1 Å². The van der Waals surface area contributed by atoms with E-state index in [0.29, 0.717) is 46.3 Å². The zero-order valence-corrected chi connectivity index (χ0v) is 19.1. The monoisotopic (exact) mass is 462 g/mol. The number of allylic oxidation sites excluding steroid dienone is 1. The first kappa shape index (κ1) is 21.8. The van der Waals surface area contributed by atoms with E-state index >= 15 is 0 Å². The van der Waals surface area contributed by atoms with E-state index in [9.17, 15) is 9.18 Å². The van der Waals surface area contributed by atoms with Crippen LogP contribution in [0.1, 0.15) is 24.2 Å². The predicted molar refractivity (Wildman–Crippen MR) is 127 cm³/mol. The molecule has 0 atom stereocenters. The highest BCUT2D eigenvalue weighted by atomic mass is 19.1. The number of benzene rings is 2. The zero-order chi connectivity index (χ0) is 23.8. The lowest BCUT2D eigenvalue weighted by Crippen LogP contribution is -2.27. The molecule has 2 aromatic heterocycles. The van der Waals surface area contributed by atoms with E-state index in [-0.39, 0.29) is 17.1 Å². The van der Waals surface area contributed by atoms with Gasteiger partial charge in [0.1, 0.15) is 22.8 Å². The standard InChI is InChI=1S/C26H23FN2O5/c1-31-21-12-15(13-22(32-2)23(21)33-3)11-17-5-4-10-29-24(17)28-25-19(26(29)30)14-20(34-25)16-6-8-18(27)9-7-16/h6-9,11-14H,4-5,10H2,1-3H3/b17-11+. The van der Waals surface area contributed by atoms with E-state index in [0.717, 1.165) is 24.0 Å². The molecular weight excluding hydrogens is 439 g/mol. The lowest BCUT2D eigenvalue weighted by molar-refractivity contribution is 0.324. The molecule has 0 spiro atoms. The van der Waals surface area contributed by atoms with Crippen molar-refractivity contribution in [1.82, 2.24) is 9.55 Å². The van der Waals surface area contributed by atoms with Gasteiger partial charge in [0.2, 0.25) is 11.5 Å². The SMILES string of the molecule is COc1cc(/C=C2\CCCn3c2nc2oc(-c4ccc(F)cc4)cc2c3=O)cc(OC)c1OC. The first-order valence-corrected chi connectivity index (χ1v) is 10.8. The lowest BCUT2D eigenvalue weighted by atomic mass is 10.0. The quantitative estimate of drug-likeness (QED) is 0.408. The van der Waals surface area contributed by atoms with E-state index < -0.39 is 0 Å². The molecule has 3 heterocycles. The fraction of sp³-hybridized carbons (Fsp3) is 0.231. The number of methoxy groups -OCH3 is 3. The maximum absolute atomic E-state index is 13.3. The molecule has 0 unspecified atom stereocenters. The summed E-state index contributed by atoms with van der Waals surface area (Å²) in [7, 11) is 4.69. The summed E-state index contributed by atoms with van der Waals surface area (Å²) in [5.41, 5.74) is 2.51. The van der Waals surface area contributed by atoms with Crippen LogP contribution in [-0.4, -0.2) is 30.9 Å². The number of fused-ring (bicyclic) bond motifs is 2. The van der Waals surface area contributed by atoms with Crippen molar-refractivity contribution in [3.63, 3.8) is 0 Å². The van der Waals surface area contributed by atoms with Gasteiger partial charge in [-0.1, -0.05) is 0 Å². The molecule has 0 fully saturated rings. The maximum Gasteiger partial charge on any atom is 0.265 e. The minimum absolute atomic E-state index is 0.160. The molecule has 1 aliphatic rings. The van der Waals surface area contributed by atoms with Crippen LogP contribution >= 0.6 is 0 Å². The third kappa shape index (κ3) is 3.71. The van der Waals surface area contributed by atoms with Crippen LogP contribution in [0.2, 0.25) is 0 Å². The Morgan fingerprint density at radius 3 is 2.38 bits per heavy atom. The highest BCUT2D eigenvalue weighted by molar-refractivity contribution is 5.85. The summed E-state index contributed by atoms with van der Waals surface area (Å²) in [5.74, 6) is 2.29. The fourth-order valence-corrected chi connectivity index (χ4v) is 4.29. The van der Waals surface area contributed by atoms with Crippen molar-refractivity contribution >= 4 is 22.7 Å². The molecule has 0 amide bonds. The van der Waals surface area contributed by atoms with Gasteiger partial charge in [0.05, 0.1) is 21.3 Å². The van der Waals surface area contributed by atoms with Crippen LogP contribution in [-0.2, 0) is 6.54 Å². The molecule has 2 aromatic carbocycles. The summed E-state index contributed by atoms with van der Waals surface area (Å²) in [6.07, 6.45) is 3.52. The van der Waals surface area contributed by atoms with Crippen LogP contribution in [0.15, 0.2) is 51.7 Å². The summed E-state index contributed by atoms with van der Waals surface area (Å²) in [4.78, 5) is 18.0. The average Bonchev–Trinajstić information content (AvgIpc) is 3.29. The molecular formula is C26H23FN2O5. The van der Waals surface area contributed by atoms with Crippen LogP contribution in [0, 0.1) is 5.82 Å². The Balaban J connectivity index is 1.63. The van der Waals surface area contributed by atoms with Crippen molar-refractivity contribution in [2.75, 3.05) is 21.3 Å². The van der Waals surface area contributed by atoms with Gasteiger partial charge in [-0.25, -0.2) is 4.39 Å². The lowest BCUT2D eigenvalue weighted by Gasteiger charge is -2.20. The Morgan fingerprint density at radius 2 is 1.74 bits per heavy atom. The molecule has 0 N–H and O–H groups in total. The van der Waals surface area contributed by atoms with Crippen molar-refractivity contribution < 1.29 is 23.0 Å². The molecule has 0 radical (unpaired) electrons. The summed E-state index contributed by atoms with van der Waals surface area (Å²) >= 11 is 0. The van der Waals surface area contributed by atoms with Crippen molar-refractivity contribution in [2.45, 2.75) is 19.4 Å². The van der Waals surface area contributed by atoms with Crippen LogP contribution in [0.3, 0.4) is 0 Å². The molecule has 8 heteroatoms. The van der Waals surface area contributed by atoms with Crippen molar-refractivity contribution in [2.24, 2.45) is 0 Å². The Kier molecular flexibility index (Phi) is 5.57. The van der Waals surface area contributed by atoms with Crippen LogP contribution in [0.25, 0.3) is 34.1 Å². The van der Waals surface area contributed by atoms with Gasteiger partial charge in [-0.2, -0.15) is 4.98 Å². The summed E-state index contributed by atoms with van der Waals surface area (Å²) in [6.45, 7) is 0.570. The maximum atomic E-state index is 13.3. The second kappa shape index (κ2) is 8.70. The van der Waals surface area contributed by atoms with E-state index in [1.54, 1.807) is 44.1 Å². The highest BCUT2D eigenvalue weighted by Crippen LogP contribution is 2.39. The predicted octanol–water partition coefficient (Wildman–Crippen LogP) is 5.16. The van der Waals surface area contributed by atoms with E-state index in [1.165, 1.54) is 12.1 Å². The summed E-state index contributed by atoms with van der Waals surface area (Å²) < 4.78 is 37.2. The first-order chi connectivity index (χ1) is 16.5. The van der Waals surface area contributed by atoms with Crippen molar-refractivity contribution in [3.05, 3.63) is 70.0 Å². The van der Waals surface area contributed by atoms with Gasteiger partial charge in [-0.15, -0.1) is 0 Å². The van der Waals surface area contributed by atoms with Crippen molar-refractivity contribution in [1.29, 1.82) is 0 Å². The summed E-state index contributed by atoms with van der Waals surface area (Å²) in [5, 5.41) is 0.400.